The van der Waals surface area contributed by atoms with Crippen molar-refractivity contribution in [3.05, 3.63) is 66.6 Å². The summed E-state index contributed by atoms with van der Waals surface area (Å²) in [6.45, 7) is 4.77. The van der Waals surface area contributed by atoms with E-state index in [1.54, 1.807) is 41.3 Å². The van der Waals surface area contributed by atoms with Crippen LogP contribution >= 0.6 is 0 Å². The van der Waals surface area contributed by atoms with E-state index in [9.17, 15) is 4.79 Å². The second-order valence-corrected chi connectivity index (χ2v) is 6.04. The smallest absolute Gasteiger partial charge is 0.255 e. The van der Waals surface area contributed by atoms with E-state index in [-0.39, 0.29) is 5.91 Å². The first-order chi connectivity index (χ1) is 12.1. The summed E-state index contributed by atoms with van der Waals surface area (Å²) in [4.78, 5) is 16.7. The number of benzene rings is 1. The van der Waals surface area contributed by atoms with Crippen LogP contribution in [-0.2, 0) is 0 Å². The van der Waals surface area contributed by atoms with E-state index in [1.165, 1.54) is 0 Å². The molecule has 1 N–H and O–H groups in total. The molecule has 0 unspecified atom stereocenters. The molecular formula is C19H20N4O2. The predicted molar refractivity (Wildman–Crippen MR) is 96.1 cm³/mol. The van der Waals surface area contributed by atoms with E-state index >= 15 is 0 Å². The van der Waals surface area contributed by atoms with Crippen molar-refractivity contribution in [1.29, 1.82) is 0 Å². The van der Waals surface area contributed by atoms with Crippen molar-refractivity contribution in [2.75, 3.05) is 11.9 Å². The van der Waals surface area contributed by atoms with E-state index in [1.807, 2.05) is 24.4 Å². The molecule has 2 heterocycles. The lowest BCUT2D eigenvalue weighted by Gasteiger charge is -2.10. The third-order valence-corrected chi connectivity index (χ3v) is 3.42. The zero-order valence-corrected chi connectivity index (χ0v) is 14.2. The number of pyridine rings is 1. The Hall–Kier alpha value is -3.15. The van der Waals surface area contributed by atoms with Gasteiger partial charge < -0.3 is 10.1 Å². The number of rotatable bonds is 6. The Balaban J connectivity index is 1.66. The Morgan fingerprint density at radius 3 is 2.80 bits per heavy atom. The van der Waals surface area contributed by atoms with Gasteiger partial charge in [0.15, 0.2) is 5.82 Å². The highest BCUT2D eigenvalue weighted by molar-refractivity contribution is 6.04. The Kier molecular flexibility index (Phi) is 5.09. The first kappa shape index (κ1) is 16.7. The van der Waals surface area contributed by atoms with Crippen molar-refractivity contribution in [3.63, 3.8) is 0 Å². The van der Waals surface area contributed by atoms with Crippen LogP contribution in [-0.4, -0.2) is 27.3 Å². The molecule has 6 nitrogen and oxygen atoms in total. The summed E-state index contributed by atoms with van der Waals surface area (Å²) in [6.07, 6.45) is 5.10. The van der Waals surface area contributed by atoms with Crippen molar-refractivity contribution in [3.8, 4) is 11.6 Å². The van der Waals surface area contributed by atoms with Gasteiger partial charge in [-0.1, -0.05) is 19.9 Å². The number of carbonyl (C=O) groups is 1. The molecule has 0 bridgehead atoms. The molecule has 0 saturated heterocycles. The van der Waals surface area contributed by atoms with Crippen LogP contribution in [0.2, 0.25) is 0 Å². The maximum atomic E-state index is 12.4. The fourth-order valence-electron chi connectivity index (χ4n) is 2.19. The molecule has 1 amide bonds. The number of carbonyl (C=O) groups excluding carboxylic acids is 1. The lowest BCUT2D eigenvalue weighted by Crippen LogP contribution is -2.13. The first-order valence-electron chi connectivity index (χ1n) is 8.12. The van der Waals surface area contributed by atoms with E-state index < -0.39 is 0 Å². The fourth-order valence-corrected chi connectivity index (χ4v) is 2.19. The fraction of sp³-hybridized carbons (Fsp3) is 0.211. The third-order valence-electron chi connectivity index (χ3n) is 3.42. The molecule has 3 rings (SSSR count). The number of nitrogens with zero attached hydrogens (tertiary/aromatic N) is 3. The van der Waals surface area contributed by atoms with Gasteiger partial charge in [-0.2, -0.15) is 5.10 Å². The van der Waals surface area contributed by atoms with Crippen LogP contribution in [0.15, 0.2) is 61.1 Å². The lowest BCUT2D eigenvalue weighted by atomic mass is 10.2. The van der Waals surface area contributed by atoms with Gasteiger partial charge in [-0.25, -0.2) is 9.67 Å². The molecule has 0 fully saturated rings. The van der Waals surface area contributed by atoms with Crippen molar-refractivity contribution in [1.82, 2.24) is 14.8 Å². The van der Waals surface area contributed by atoms with Crippen LogP contribution in [0.5, 0.6) is 5.75 Å². The molecular weight excluding hydrogens is 316 g/mol. The summed E-state index contributed by atoms with van der Waals surface area (Å²) in [5.41, 5.74) is 1.16. The molecule has 0 saturated carbocycles. The van der Waals surface area contributed by atoms with Crippen LogP contribution in [0.25, 0.3) is 5.82 Å². The minimum atomic E-state index is -0.205. The Morgan fingerprint density at radius 1 is 1.24 bits per heavy atom. The van der Waals surface area contributed by atoms with Gasteiger partial charge in [0.1, 0.15) is 5.75 Å². The standard InChI is InChI=1S/C19H20N4O2/c1-14(2)13-25-17-6-3-5-15(11-17)19(24)22-16-7-8-18(20-12-16)23-10-4-9-21-23/h3-12,14H,13H2,1-2H3,(H,22,24). The number of nitrogens with one attached hydrogen (secondary N) is 1. The van der Waals surface area contributed by atoms with E-state index in [2.05, 4.69) is 29.2 Å². The van der Waals surface area contributed by atoms with Crippen molar-refractivity contribution < 1.29 is 9.53 Å². The van der Waals surface area contributed by atoms with Gasteiger partial charge in [0, 0.05) is 18.0 Å². The quantitative estimate of drug-likeness (QED) is 0.747. The average molecular weight is 336 g/mol. The highest BCUT2D eigenvalue weighted by Crippen LogP contribution is 2.16. The van der Waals surface area contributed by atoms with Crippen molar-refractivity contribution in [2.45, 2.75) is 13.8 Å². The molecule has 0 atom stereocenters. The molecule has 6 heteroatoms. The SMILES string of the molecule is CC(C)COc1cccc(C(=O)Nc2ccc(-n3cccn3)nc2)c1. The number of anilines is 1. The van der Waals surface area contributed by atoms with Crippen LogP contribution < -0.4 is 10.1 Å². The van der Waals surface area contributed by atoms with E-state index in [0.717, 1.165) is 0 Å². The van der Waals surface area contributed by atoms with Crippen molar-refractivity contribution in [2.24, 2.45) is 5.92 Å². The number of ether oxygens (including phenoxy) is 1. The van der Waals surface area contributed by atoms with E-state index in [0.29, 0.717) is 35.3 Å². The number of hydrogen-bond donors (Lipinski definition) is 1. The zero-order chi connectivity index (χ0) is 17.6. The summed E-state index contributed by atoms with van der Waals surface area (Å²) in [5.74, 6) is 1.60. The van der Waals surface area contributed by atoms with Gasteiger partial charge >= 0.3 is 0 Å². The Labute approximate surface area is 146 Å². The first-order valence-corrected chi connectivity index (χ1v) is 8.12. The maximum Gasteiger partial charge on any atom is 0.255 e. The van der Waals surface area contributed by atoms with Gasteiger partial charge in [0.2, 0.25) is 0 Å². The number of amides is 1. The summed E-state index contributed by atoms with van der Waals surface area (Å²) in [7, 11) is 0. The van der Waals surface area contributed by atoms with Crippen LogP contribution in [0.4, 0.5) is 5.69 Å². The normalized spacial score (nSPS) is 10.7. The predicted octanol–water partition coefficient (Wildman–Crippen LogP) is 3.55. The summed E-state index contributed by atoms with van der Waals surface area (Å²) < 4.78 is 7.32. The van der Waals surface area contributed by atoms with Gasteiger partial charge in [-0.05, 0) is 42.3 Å². The van der Waals surface area contributed by atoms with Gasteiger partial charge in [-0.3, -0.25) is 4.79 Å². The summed E-state index contributed by atoms with van der Waals surface area (Å²) in [5, 5.41) is 6.95. The molecule has 1 aromatic carbocycles. The monoisotopic (exact) mass is 336 g/mol. The molecule has 0 aliphatic heterocycles. The molecule has 0 radical (unpaired) electrons. The second-order valence-electron chi connectivity index (χ2n) is 6.04. The molecule has 0 spiro atoms. The molecule has 25 heavy (non-hydrogen) atoms. The Morgan fingerprint density at radius 2 is 2.12 bits per heavy atom. The lowest BCUT2D eigenvalue weighted by molar-refractivity contribution is 0.102. The van der Waals surface area contributed by atoms with Crippen LogP contribution in [0, 0.1) is 5.92 Å². The highest BCUT2D eigenvalue weighted by Gasteiger charge is 2.08. The van der Waals surface area contributed by atoms with E-state index in [4.69, 9.17) is 4.74 Å². The molecule has 0 aliphatic rings. The van der Waals surface area contributed by atoms with Crippen molar-refractivity contribution >= 4 is 11.6 Å². The topological polar surface area (TPSA) is 69.0 Å². The number of aromatic nitrogens is 3. The minimum Gasteiger partial charge on any atom is -0.493 e. The molecule has 128 valence electrons. The van der Waals surface area contributed by atoms with Crippen LogP contribution in [0.1, 0.15) is 24.2 Å². The zero-order valence-electron chi connectivity index (χ0n) is 14.2. The second kappa shape index (κ2) is 7.61. The summed E-state index contributed by atoms with van der Waals surface area (Å²) in [6, 6.07) is 12.6. The van der Waals surface area contributed by atoms with Gasteiger partial charge in [-0.15, -0.1) is 0 Å². The third kappa shape index (κ3) is 4.44. The Bertz CT molecular complexity index is 827. The summed E-state index contributed by atoms with van der Waals surface area (Å²) >= 11 is 0. The van der Waals surface area contributed by atoms with Crippen LogP contribution in [0.3, 0.4) is 0 Å². The minimum absolute atomic E-state index is 0.205. The highest BCUT2D eigenvalue weighted by atomic mass is 16.5. The van der Waals surface area contributed by atoms with Gasteiger partial charge in [0.25, 0.3) is 5.91 Å². The molecule has 2 aromatic heterocycles. The molecule has 0 aliphatic carbocycles. The maximum absolute atomic E-state index is 12.4. The largest absolute Gasteiger partial charge is 0.493 e. The molecule has 3 aromatic rings. The average Bonchev–Trinajstić information content (AvgIpc) is 3.15. The van der Waals surface area contributed by atoms with Gasteiger partial charge in [0.05, 0.1) is 18.5 Å². The number of hydrogen-bond acceptors (Lipinski definition) is 4.